The van der Waals surface area contributed by atoms with Gasteiger partial charge in [-0.2, -0.15) is 4.90 Å². The van der Waals surface area contributed by atoms with Gasteiger partial charge in [-0.1, -0.05) is 78.4 Å². The van der Waals surface area contributed by atoms with Gasteiger partial charge in [0.05, 0.1) is 16.6 Å². The average Bonchev–Trinajstić information content (AvgIpc) is 3.07. The highest BCUT2D eigenvalue weighted by Crippen LogP contribution is 2.46. The van der Waals surface area contributed by atoms with Crippen molar-refractivity contribution in [3.63, 3.8) is 0 Å². The van der Waals surface area contributed by atoms with E-state index in [0.717, 1.165) is 22.6 Å². The molecule has 0 N–H and O–H groups in total. The molecular formula is C42H37N4+3. The topological polar surface area (TPSA) is 12.3 Å². The quantitative estimate of drug-likeness (QED) is 0.186. The van der Waals surface area contributed by atoms with Crippen LogP contribution >= 0.6 is 0 Å². The summed E-state index contributed by atoms with van der Waals surface area (Å²) in [5.74, 6) is -0.892. The molecule has 0 aliphatic carbocycles. The van der Waals surface area contributed by atoms with Crippen LogP contribution in [0.4, 0.5) is 22.7 Å². The molecule has 6 aromatic carbocycles. The fourth-order valence-corrected chi connectivity index (χ4v) is 7.42. The molecule has 0 aromatic heterocycles. The molecule has 46 heavy (non-hydrogen) atoms. The first-order valence-corrected chi connectivity index (χ1v) is 15.9. The molecule has 2 heterocycles. The summed E-state index contributed by atoms with van der Waals surface area (Å²) in [5, 5.41) is 2.40. The summed E-state index contributed by atoms with van der Waals surface area (Å²) < 4.78 is 7.44. The first kappa shape index (κ1) is 27.9. The van der Waals surface area contributed by atoms with Crippen molar-refractivity contribution in [1.29, 1.82) is 0 Å². The zero-order valence-electron chi connectivity index (χ0n) is 26.7. The molecule has 222 valence electrons. The van der Waals surface area contributed by atoms with Crippen LogP contribution in [0, 0.1) is 20.8 Å². The van der Waals surface area contributed by atoms with E-state index in [4.69, 9.17) is 0 Å². The number of rotatable bonds is 3. The minimum absolute atomic E-state index is 0.892. The number of fused-ring (bicyclic) bond motifs is 3. The Morgan fingerprint density at radius 2 is 1.28 bits per heavy atom. The van der Waals surface area contributed by atoms with Crippen molar-refractivity contribution in [1.82, 2.24) is 0 Å². The molecule has 6 aromatic rings. The third-order valence-electron chi connectivity index (χ3n) is 9.35. The van der Waals surface area contributed by atoms with Gasteiger partial charge in [-0.15, -0.1) is 0 Å². The lowest BCUT2D eigenvalue weighted by atomic mass is 9.98. The molecule has 0 bridgehead atoms. The molecule has 0 radical (unpaired) electrons. The van der Waals surface area contributed by atoms with Gasteiger partial charge >= 0.3 is 5.91 Å². The zero-order valence-corrected chi connectivity index (χ0v) is 26.7. The van der Waals surface area contributed by atoms with Crippen molar-refractivity contribution in [2.45, 2.75) is 26.7 Å². The molecule has 2 aliphatic rings. The van der Waals surface area contributed by atoms with Gasteiger partial charge in [0.15, 0.2) is 18.6 Å². The lowest BCUT2D eigenvalue weighted by molar-refractivity contribution is -0.936. The van der Waals surface area contributed by atoms with E-state index in [9.17, 15) is 0 Å². The van der Waals surface area contributed by atoms with E-state index in [1.54, 1.807) is 0 Å². The van der Waals surface area contributed by atoms with E-state index in [-0.39, 0.29) is 0 Å². The molecule has 1 spiro atoms. The van der Waals surface area contributed by atoms with Crippen LogP contribution in [0.2, 0.25) is 0 Å². The second kappa shape index (κ2) is 10.8. The highest BCUT2D eigenvalue weighted by Gasteiger charge is 2.73. The van der Waals surface area contributed by atoms with Crippen LogP contribution in [0.5, 0.6) is 0 Å². The second-order valence-corrected chi connectivity index (χ2v) is 12.5. The highest BCUT2D eigenvalue weighted by molar-refractivity contribution is 5.94. The molecule has 2 aliphatic heterocycles. The van der Waals surface area contributed by atoms with Gasteiger partial charge in [-0.05, 0) is 87.9 Å². The first-order chi connectivity index (χ1) is 22.4. The number of anilines is 1. The molecule has 0 saturated heterocycles. The Hall–Kier alpha value is -5.61. The van der Waals surface area contributed by atoms with Crippen LogP contribution in [-0.2, 0) is 0 Å². The van der Waals surface area contributed by atoms with Crippen molar-refractivity contribution in [2.75, 3.05) is 11.9 Å². The normalized spacial score (nSPS) is 17.9. The fraction of sp³-hybridized carbons (Fsp3) is 0.119. The Morgan fingerprint density at radius 1 is 0.609 bits per heavy atom. The highest BCUT2D eigenvalue weighted by atomic mass is 15.6. The van der Waals surface area contributed by atoms with E-state index < -0.39 is 5.91 Å². The predicted octanol–water partition coefficient (Wildman–Crippen LogP) is 8.83. The van der Waals surface area contributed by atoms with Crippen LogP contribution in [0.15, 0.2) is 133 Å². The maximum absolute atomic E-state index is 2.50. The van der Waals surface area contributed by atoms with Crippen molar-refractivity contribution < 1.29 is 13.7 Å². The van der Waals surface area contributed by atoms with E-state index in [0.29, 0.717) is 0 Å². The third kappa shape index (κ3) is 4.25. The lowest BCUT2D eigenvalue weighted by Gasteiger charge is -2.36. The molecule has 1 atom stereocenters. The molecule has 0 fully saturated rings. The van der Waals surface area contributed by atoms with Gasteiger partial charge in [0.1, 0.15) is 5.56 Å². The Bertz CT molecular complexity index is 2240. The number of aryl methyl sites for hydroxylation is 3. The molecule has 1 unspecified atom stereocenters. The Kier molecular flexibility index (Phi) is 6.54. The van der Waals surface area contributed by atoms with Crippen LogP contribution in [-0.4, -0.2) is 45.3 Å². The first-order valence-electron chi connectivity index (χ1n) is 15.9. The van der Waals surface area contributed by atoms with E-state index >= 15 is 0 Å². The fourth-order valence-electron chi connectivity index (χ4n) is 7.42. The molecule has 4 heteroatoms. The van der Waals surface area contributed by atoms with Crippen molar-refractivity contribution in [2.24, 2.45) is 0 Å². The van der Waals surface area contributed by atoms with E-state index in [1.807, 2.05) is 0 Å². The molecule has 0 amide bonds. The van der Waals surface area contributed by atoms with Gasteiger partial charge in [0.25, 0.3) is 0 Å². The summed E-state index contributed by atoms with van der Waals surface area (Å²) in [6, 6.07) is 48.2. The summed E-state index contributed by atoms with van der Waals surface area (Å²) in [4.78, 5) is 2.45. The van der Waals surface area contributed by atoms with E-state index in [1.165, 1.54) is 44.3 Å². The van der Waals surface area contributed by atoms with Crippen molar-refractivity contribution in [3.8, 4) is 0 Å². The van der Waals surface area contributed by atoms with Gasteiger partial charge < -0.3 is 0 Å². The van der Waals surface area contributed by atoms with Crippen molar-refractivity contribution in [3.05, 3.63) is 167 Å². The minimum Gasteiger partial charge on any atom is -0.189 e. The maximum atomic E-state index is 2.50. The van der Waals surface area contributed by atoms with Gasteiger partial charge in [0.2, 0.25) is 17.1 Å². The zero-order chi connectivity index (χ0) is 31.4. The average molecular weight is 598 g/mol. The Morgan fingerprint density at radius 3 is 2.09 bits per heavy atom. The number of hydrogen-bond acceptors (Lipinski definition) is 1. The Labute approximate surface area is 270 Å². The third-order valence-corrected chi connectivity index (χ3v) is 9.35. The molecule has 8 rings (SSSR count). The predicted molar refractivity (Wildman–Crippen MR) is 190 cm³/mol. The molecular weight excluding hydrogens is 560 g/mol. The monoisotopic (exact) mass is 597 g/mol. The smallest absolute Gasteiger partial charge is 0.189 e. The standard InChI is InChI=1S/C42H37N4/c1-30-22-23-39-35(25-30)28-44(37-18-9-6-10-19-37)42(43(39)4)45(40-21-13-17-34-16-11-12-20-38(34)40)29-36-26-31(2)24-32(3)41(36)46(42)27-33-14-7-5-8-15-33/h5-29H,1-4H3/q+3/b46-27+. The summed E-state index contributed by atoms with van der Waals surface area (Å²) in [6.07, 6.45) is 7.03. The van der Waals surface area contributed by atoms with Crippen LogP contribution < -0.4 is 4.90 Å². The Balaban J connectivity index is 1.60. The van der Waals surface area contributed by atoms with Crippen LogP contribution in [0.3, 0.4) is 0 Å². The van der Waals surface area contributed by atoms with Crippen LogP contribution in [0.25, 0.3) is 10.8 Å². The number of nitrogens with zero attached hydrogens (tertiary/aromatic N) is 4. The second-order valence-electron chi connectivity index (χ2n) is 12.5. The molecule has 0 saturated carbocycles. The maximum Gasteiger partial charge on any atom is 0.661 e. The van der Waals surface area contributed by atoms with E-state index in [2.05, 4.69) is 199 Å². The summed E-state index contributed by atoms with van der Waals surface area (Å²) in [6.45, 7) is 6.59. The molecule has 4 nitrogen and oxygen atoms in total. The van der Waals surface area contributed by atoms with Gasteiger partial charge in [-0.3, -0.25) is 0 Å². The van der Waals surface area contributed by atoms with Crippen molar-refractivity contribution >= 4 is 52.2 Å². The number of para-hydroxylation sites is 1. The minimum atomic E-state index is -0.892. The summed E-state index contributed by atoms with van der Waals surface area (Å²) in [7, 11) is 2.24. The van der Waals surface area contributed by atoms with Crippen LogP contribution in [0.1, 0.15) is 33.4 Å². The SMILES string of the molecule is Cc1ccc2c(c1)C=[N+](c1ccccc1)C1(N2C)[N+](c2cccc3ccccc23)=Cc2cc(C)cc(C)c2/[N+]1=C\c1ccccc1. The summed E-state index contributed by atoms with van der Waals surface area (Å²) in [5.41, 5.74) is 11.8. The van der Waals surface area contributed by atoms with Gasteiger partial charge in [0, 0.05) is 36.4 Å². The number of benzene rings is 6. The summed E-state index contributed by atoms with van der Waals surface area (Å²) >= 11 is 0. The number of hydrogen-bond donors (Lipinski definition) is 0. The lowest BCUT2D eigenvalue weighted by Crippen LogP contribution is -2.70. The van der Waals surface area contributed by atoms with Gasteiger partial charge in [-0.25, -0.2) is 0 Å². The largest absolute Gasteiger partial charge is 0.661 e.